The van der Waals surface area contributed by atoms with Crippen molar-refractivity contribution in [2.45, 2.75) is 31.8 Å². The van der Waals surface area contributed by atoms with Crippen LogP contribution in [-0.2, 0) is 24.0 Å². The van der Waals surface area contributed by atoms with Crippen LogP contribution in [0, 0.1) is 0 Å². The summed E-state index contributed by atoms with van der Waals surface area (Å²) in [6, 6.07) is -2.62. The highest BCUT2D eigenvalue weighted by Gasteiger charge is 2.28. The van der Waals surface area contributed by atoms with Gasteiger partial charge < -0.3 is 20.8 Å². The van der Waals surface area contributed by atoms with Crippen LogP contribution in [0.5, 0.6) is 0 Å². The molecule has 3 amide bonds. The second-order valence-corrected chi connectivity index (χ2v) is 4.14. The molecule has 0 aromatic carbocycles. The average Bonchev–Trinajstić information content (AvgIpc) is 2.33. The second-order valence-electron chi connectivity index (χ2n) is 4.14. The number of nitrogens with one attached hydrogen (secondary N) is 3. The highest BCUT2D eigenvalue weighted by atomic mass is 16.4. The Morgan fingerprint density at radius 1 is 0.905 bits per heavy atom. The molecule has 0 spiro atoms. The number of amides is 3. The number of hydrogen-bond donors (Lipinski definition) is 5. The van der Waals surface area contributed by atoms with Gasteiger partial charge >= 0.3 is 11.9 Å². The molecule has 0 saturated heterocycles. The quantitative estimate of drug-likeness (QED) is 0.333. The maximum absolute atomic E-state index is 11.8. The second kappa shape index (κ2) is 8.64. The first-order valence-electron chi connectivity index (χ1n) is 5.90. The first-order chi connectivity index (χ1) is 9.67. The van der Waals surface area contributed by atoms with Crippen molar-refractivity contribution in [1.82, 2.24) is 16.0 Å². The summed E-state index contributed by atoms with van der Waals surface area (Å²) < 4.78 is 0. The van der Waals surface area contributed by atoms with Gasteiger partial charge in [-0.15, -0.1) is 0 Å². The van der Waals surface area contributed by atoms with E-state index in [2.05, 4.69) is 10.6 Å². The Bertz CT molecular complexity index is 449. The van der Waals surface area contributed by atoms with Crippen LogP contribution in [0.4, 0.5) is 0 Å². The largest absolute Gasteiger partial charge is 0.481 e. The van der Waals surface area contributed by atoms with Crippen molar-refractivity contribution in [3.05, 3.63) is 0 Å². The van der Waals surface area contributed by atoms with Gasteiger partial charge in [0.2, 0.25) is 17.7 Å². The van der Waals surface area contributed by atoms with E-state index in [9.17, 15) is 24.0 Å². The molecule has 0 aromatic heterocycles. The number of aliphatic carboxylic acids is 2. The van der Waals surface area contributed by atoms with Crippen LogP contribution in [-0.4, -0.2) is 59.0 Å². The van der Waals surface area contributed by atoms with Crippen LogP contribution in [0.2, 0.25) is 0 Å². The number of carbonyl (C=O) groups is 5. The first kappa shape index (κ1) is 18.5. The summed E-state index contributed by atoms with van der Waals surface area (Å²) in [5, 5.41) is 23.7. The van der Waals surface area contributed by atoms with Crippen molar-refractivity contribution in [3.63, 3.8) is 0 Å². The van der Waals surface area contributed by atoms with Gasteiger partial charge in [-0.05, 0) is 7.05 Å². The molecule has 0 unspecified atom stereocenters. The number of carboxylic acids is 2. The van der Waals surface area contributed by atoms with Gasteiger partial charge in [-0.2, -0.15) is 0 Å². The standard InChI is InChI=1S/C11H17N3O7/c1-5(15)13-11(21)7(4-9(18)19)14-10(20)6(12-2)3-8(16)17/h6-7,12H,3-4H2,1-2H3,(H,14,20)(H,16,17)(H,18,19)(H,13,15,21)/t6-,7-/m0/s1. The van der Waals surface area contributed by atoms with Gasteiger partial charge in [0.1, 0.15) is 6.04 Å². The van der Waals surface area contributed by atoms with Crippen LogP contribution in [0.1, 0.15) is 19.8 Å². The predicted octanol–water partition coefficient (Wildman–Crippen LogP) is -2.33. The maximum Gasteiger partial charge on any atom is 0.305 e. The van der Waals surface area contributed by atoms with Crippen LogP contribution in [0.25, 0.3) is 0 Å². The molecular formula is C11H17N3O7. The zero-order chi connectivity index (χ0) is 16.6. The third kappa shape index (κ3) is 7.62. The smallest absolute Gasteiger partial charge is 0.305 e. The molecule has 10 heteroatoms. The van der Waals surface area contributed by atoms with Crippen LogP contribution < -0.4 is 16.0 Å². The van der Waals surface area contributed by atoms with E-state index >= 15 is 0 Å². The normalized spacial score (nSPS) is 12.9. The molecule has 0 aromatic rings. The minimum atomic E-state index is -1.48. The van der Waals surface area contributed by atoms with Crippen LogP contribution in [0.15, 0.2) is 0 Å². The summed E-state index contributed by atoms with van der Waals surface area (Å²) in [4.78, 5) is 55.4. The molecule has 10 nitrogen and oxygen atoms in total. The lowest BCUT2D eigenvalue weighted by Gasteiger charge is -2.19. The number of hydrogen-bond acceptors (Lipinski definition) is 6. The molecule has 118 valence electrons. The fourth-order valence-electron chi connectivity index (χ4n) is 1.42. The molecule has 0 radical (unpaired) electrons. The minimum Gasteiger partial charge on any atom is -0.481 e. The fourth-order valence-corrected chi connectivity index (χ4v) is 1.42. The highest BCUT2D eigenvalue weighted by molar-refractivity contribution is 6.00. The van der Waals surface area contributed by atoms with Crippen molar-refractivity contribution < 1.29 is 34.2 Å². The number of imide groups is 1. The number of carboxylic acid groups (broad SMARTS) is 2. The highest BCUT2D eigenvalue weighted by Crippen LogP contribution is 1.98. The molecule has 0 fully saturated rings. The summed E-state index contributed by atoms with van der Waals surface area (Å²) in [6.07, 6.45) is -1.29. The SMILES string of the molecule is CN[C@@H](CC(=O)O)C(=O)N[C@@H](CC(=O)O)C(=O)NC(C)=O. The Hall–Kier alpha value is -2.49. The van der Waals surface area contributed by atoms with E-state index in [-0.39, 0.29) is 0 Å². The molecular weight excluding hydrogens is 286 g/mol. The van der Waals surface area contributed by atoms with Gasteiger partial charge in [-0.1, -0.05) is 0 Å². The lowest BCUT2D eigenvalue weighted by Crippen LogP contribution is -2.53. The minimum absolute atomic E-state index is 0.545. The summed E-state index contributed by atoms with van der Waals surface area (Å²) in [6.45, 7) is 1.05. The van der Waals surface area contributed by atoms with Gasteiger partial charge in [0, 0.05) is 6.92 Å². The first-order valence-corrected chi connectivity index (χ1v) is 5.90. The van der Waals surface area contributed by atoms with E-state index in [4.69, 9.17) is 10.2 Å². The van der Waals surface area contributed by atoms with Crippen LogP contribution >= 0.6 is 0 Å². The lowest BCUT2D eigenvalue weighted by molar-refractivity contribution is -0.143. The molecule has 0 saturated carbocycles. The van der Waals surface area contributed by atoms with Gasteiger partial charge in [-0.25, -0.2) is 0 Å². The van der Waals surface area contributed by atoms with Crippen molar-refractivity contribution >= 4 is 29.7 Å². The van der Waals surface area contributed by atoms with Gasteiger partial charge in [0.15, 0.2) is 0 Å². The summed E-state index contributed by atoms with van der Waals surface area (Å²) in [7, 11) is 1.34. The molecule has 2 atom stereocenters. The van der Waals surface area contributed by atoms with Gasteiger partial charge in [0.05, 0.1) is 18.9 Å². The van der Waals surface area contributed by atoms with Gasteiger partial charge in [-0.3, -0.25) is 29.3 Å². The topological polar surface area (TPSA) is 162 Å². The lowest BCUT2D eigenvalue weighted by atomic mass is 10.1. The van der Waals surface area contributed by atoms with Crippen LogP contribution in [0.3, 0.4) is 0 Å². The van der Waals surface area contributed by atoms with Crippen molar-refractivity contribution in [2.75, 3.05) is 7.05 Å². The zero-order valence-corrected chi connectivity index (χ0v) is 11.5. The Morgan fingerprint density at radius 2 is 1.38 bits per heavy atom. The summed E-state index contributed by atoms with van der Waals surface area (Å²) in [5.74, 6) is -5.15. The van der Waals surface area contributed by atoms with E-state index in [0.29, 0.717) is 0 Å². The molecule has 0 heterocycles. The third-order valence-corrected chi connectivity index (χ3v) is 2.35. The predicted molar refractivity (Wildman–Crippen MR) is 68.1 cm³/mol. The Balaban J connectivity index is 4.89. The fraction of sp³-hybridized carbons (Fsp3) is 0.545. The number of carbonyl (C=O) groups excluding carboxylic acids is 3. The van der Waals surface area contributed by atoms with Crippen molar-refractivity contribution in [2.24, 2.45) is 0 Å². The van der Waals surface area contributed by atoms with E-state index in [1.165, 1.54) is 7.05 Å². The molecule has 0 aliphatic heterocycles. The van der Waals surface area contributed by atoms with E-state index in [0.717, 1.165) is 6.92 Å². The maximum atomic E-state index is 11.8. The molecule has 5 N–H and O–H groups in total. The zero-order valence-electron chi connectivity index (χ0n) is 11.5. The summed E-state index contributed by atoms with van der Waals surface area (Å²) in [5.41, 5.74) is 0. The Labute approximate surface area is 119 Å². The van der Waals surface area contributed by atoms with Crippen molar-refractivity contribution in [1.29, 1.82) is 0 Å². The average molecular weight is 303 g/mol. The Morgan fingerprint density at radius 3 is 1.76 bits per heavy atom. The van der Waals surface area contributed by atoms with E-state index < -0.39 is 54.6 Å². The molecule has 0 bridgehead atoms. The molecule has 0 aliphatic rings. The van der Waals surface area contributed by atoms with E-state index in [1.807, 2.05) is 5.32 Å². The van der Waals surface area contributed by atoms with E-state index in [1.54, 1.807) is 0 Å². The summed E-state index contributed by atoms with van der Waals surface area (Å²) >= 11 is 0. The number of likely N-dealkylation sites (N-methyl/N-ethyl adjacent to an activating group) is 1. The molecule has 0 rings (SSSR count). The molecule has 21 heavy (non-hydrogen) atoms. The monoisotopic (exact) mass is 303 g/mol. The number of rotatable bonds is 8. The Kier molecular flexibility index (Phi) is 7.61. The van der Waals surface area contributed by atoms with Crippen molar-refractivity contribution in [3.8, 4) is 0 Å². The van der Waals surface area contributed by atoms with Gasteiger partial charge in [0.25, 0.3) is 0 Å². The third-order valence-electron chi connectivity index (χ3n) is 2.35. The molecule has 0 aliphatic carbocycles.